The van der Waals surface area contributed by atoms with Crippen molar-refractivity contribution >= 4 is 51.1 Å². The molecular weight excluding hydrogens is 436 g/mol. The highest BCUT2D eigenvalue weighted by Gasteiger charge is 2.34. The van der Waals surface area contributed by atoms with E-state index in [4.69, 9.17) is 21.1 Å². The highest BCUT2D eigenvalue weighted by molar-refractivity contribution is 9.10. The molecule has 0 spiro atoms. The number of ether oxygens (including phenoxy) is 2. The maximum Gasteiger partial charge on any atom is 0.282 e. The number of rotatable bonds is 5. The van der Waals surface area contributed by atoms with Crippen molar-refractivity contribution in [3.63, 3.8) is 0 Å². The maximum atomic E-state index is 12.7. The van der Waals surface area contributed by atoms with Gasteiger partial charge in [0, 0.05) is 4.47 Å². The summed E-state index contributed by atoms with van der Waals surface area (Å²) in [6.07, 6.45) is 1.47. The highest BCUT2D eigenvalue weighted by Crippen LogP contribution is 2.43. The third-order valence-corrected chi connectivity index (χ3v) is 5.31. The van der Waals surface area contributed by atoms with Gasteiger partial charge in [0.05, 0.1) is 19.4 Å². The van der Waals surface area contributed by atoms with Crippen LogP contribution in [0.5, 0.6) is 11.5 Å². The average molecular weight is 452 g/mol. The molecule has 1 saturated heterocycles. The Kier molecular flexibility index (Phi) is 5.72. The van der Waals surface area contributed by atoms with Crippen LogP contribution >= 0.6 is 27.5 Å². The first-order chi connectivity index (χ1) is 13.0. The van der Waals surface area contributed by atoms with E-state index < -0.39 is 11.8 Å². The second-order valence-electron chi connectivity index (χ2n) is 5.53. The number of anilines is 1. The second-order valence-corrected chi connectivity index (χ2v) is 6.70. The van der Waals surface area contributed by atoms with Crippen LogP contribution in [0.2, 0.25) is 5.02 Å². The molecule has 0 unspecified atom stereocenters. The number of hydrazine groups is 1. The zero-order valence-electron chi connectivity index (χ0n) is 14.6. The monoisotopic (exact) mass is 450 g/mol. The molecule has 1 aliphatic heterocycles. The molecule has 2 aromatic rings. The van der Waals surface area contributed by atoms with E-state index in [1.165, 1.54) is 18.2 Å². The quantitative estimate of drug-likeness (QED) is 0.552. The van der Waals surface area contributed by atoms with Crippen molar-refractivity contribution in [1.29, 1.82) is 0 Å². The van der Waals surface area contributed by atoms with Crippen LogP contribution in [0, 0.1) is 0 Å². The fraction of sp³-hybridized carbons (Fsp3) is 0.158. The standard InChI is InChI=1S/C19H16BrClN2O4/c1-3-27-17-14(26-2)10-11(15(20)16(17)21)9-13-18(24)22-23(19(13)25)12-7-5-4-6-8-12/h4-10H,3H2,1-2H3,(H,22,24). The van der Waals surface area contributed by atoms with Crippen LogP contribution in [0.3, 0.4) is 0 Å². The molecule has 1 aliphatic rings. The fourth-order valence-corrected chi connectivity index (χ4v) is 3.28. The Labute approximate surface area is 169 Å². The molecule has 2 aromatic carbocycles. The molecule has 8 heteroatoms. The molecule has 1 N–H and O–H groups in total. The lowest BCUT2D eigenvalue weighted by molar-refractivity contribution is -0.117. The van der Waals surface area contributed by atoms with Crippen LogP contribution < -0.4 is 19.9 Å². The Morgan fingerprint density at radius 1 is 1.26 bits per heavy atom. The number of hydrogen-bond donors (Lipinski definition) is 1. The molecule has 0 aliphatic carbocycles. The van der Waals surface area contributed by atoms with Gasteiger partial charge in [0.25, 0.3) is 11.8 Å². The summed E-state index contributed by atoms with van der Waals surface area (Å²) in [5.74, 6) is -0.159. The summed E-state index contributed by atoms with van der Waals surface area (Å²) >= 11 is 9.77. The Balaban J connectivity index is 2.03. The lowest BCUT2D eigenvalue weighted by Gasteiger charge is -2.14. The number of nitrogens with zero attached hydrogens (tertiary/aromatic N) is 1. The van der Waals surface area contributed by atoms with Crippen molar-refractivity contribution < 1.29 is 19.1 Å². The number of nitrogens with one attached hydrogen (secondary N) is 1. The predicted octanol–water partition coefficient (Wildman–Crippen LogP) is 3.97. The van der Waals surface area contributed by atoms with Crippen molar-refractivity contribution in [2.75, 3.05) is 18.7 Å². The van der Waals surface area contributed by atoms with Crippen molar-refractivity contribution in [3.05, 3.63) is 57.0 Å². The highest BCUT2D eigenvalue weighted by atomic mass is 79.9. The molecule has 2 amide bonds. The Morgan fingerprint density at radius 2 is 1.96 bits per heavy atom. The van der Waals surface area contributed by atoms with Crippen molar-refractivity contribution in [2.24, 2.45) is 0 Å². The van der Waals surface area contributed by atoms with Gasteiger partial charge in [0.2, 0.25) is 0 Å². The van der Waals surface area contributed by atoms with E-state index in [0.29, 0.717) is 38.9 Å². The molecule has 0 aromatic heterocycles. The van der Waals surface area contributed by atoms with Gasteiger partial charge in [-0.05, 0) is 52.7 Å². The summed E-state index contributed by atoms with van der Waals surface area (Å²) in [5, 5.41) is 1.50. The normalized spacial score (nSPS) is 15.3. The summed E-state index contributed by atoms with van der Waals surface area (Å²) in [4.78, 5) is 25.1. The van der Waals surface area contributed by atoms with Crippen LogP contribution in [0.4, 0.5) is 5.69 Å². The molecule has 0 radical (unpaired) electrons. The first-order valence-electron chi connectivity index (χ1n) is 8.08. The van der Waals surface area contributed by atoms with Gasteiger partial charge < -0.3 is 9.47 Å². The number of para-hydroxylation sites is 1. The number of methoxy groups -OCH3 is 1. The fourth-order valence-electron chi connectivity index (χ4n) is 2.61. The molecule has 1 heterocycles. The smallest absolute Gasteiger partial charge is 0.282 e. The Hall–Kier alpha value is -2.51. The molecule has 3 rings (SSSR count). The third-order valence-electron chi connectivity index (χ3n) is 3.87. The lowest BCUT2D eigenvalue weighted by Crippen LogP contribution is -2.35. The minimum atomic E-state index is -0.500. The molecule has 140 valence electrons. The average Bonchev–Trinajstić information content (AvgIpc) is 2.96. The Bertz CT molecular complexity index is 931. The molecule has 0 atom stereocenters. The second kappa shape index (κ2) is 8.02. The number of benzene rings is 2. The summed E-state index contributed by atoms with van der Waals surface area (Å²) in [5.41, 5.74) is 3.64. The van der Waals surface area contributed by atoms with Gasteiger partial charge in [0.15, 0.2) is 11.5 Å². The topological polar surface area (TPSA) is 67.9 Å². The van der Waals surface area contributed by atoms with E-state index in [1.807, 2.05) is 13.0 Å². The van der Waals surface area contributed by atoms with Gasteiger partial charge in [-0.15, -0.1) is 0 Å². The van der Waals surface area contributed by atoms with E-state index in [0.717, 1.165) is 0 Å². The summed E-state index contributed by atoms with van der Waals surface area (Å²) in [6.45, 7) is 2.25. The van der Waals surface area contributed by atoms with Crippen LogP contribution in [0.25, 0.3) is 6.08 Å². The maximum absolute atomic E-state index is 12.7. The number of carbonyl (C=O) groups is 2. The number of amides is 2. The van der Waals surface area contributed by atoms with E-state index >= 15 is 0 Å². The first-order valence-corrected chi connectivity index (χ1v) is 9.26. The summed E-state index contributed by atoms with van der Waals surface area (Å²) in [7, 11) is 1.49. The van der Waals surface area contributed by atoms with Crippen LogP contribution in [0.15, 0.2) is 46.4 Å². The molecule has 27 heavy (non-hydrogen) atoms. The van der Waals surface area contributed by atoms with E-state index in [1.54, 1.807) is 30.3 Å². The van der Waals surface area contributed by atoms with Gasteiger partial charge in [-0.25, -0.2) is 5.01 Å². The zero-order valence-corrected chi connectivity index (χ0v) is 16.9. The van der Waals surface area contributed by atoms with Gasteiger partial charge in [0.1, 0.15) is 10.6 Å². The molecule has 0 saturated carbocycles. The number of halogens is 2. The number of carbonyl (C=O) groups excluding carboxylic acids is 2. The van der Waals surface area contributed by atoms with Crippen LogP contribution in [0.1, 0.15) is 12.5 Å². The SMILES string of the molecule is CCOc1c(OC)cc(C=C2C(=O)NN(c3ccccc3)C2=O)c(Br)c1Cl. The first kappa shape index (κ1) is 19.3. The lowest BCUT2D eigenvalue weighted by atomic mass is 10.1. The third kappa shape index (κ3) is 3.65. The molecule has 6 nitrogen and oxygen atoms in total. The largest absolute Gasteiger partial charge is 0.493 e. The summed E-state index contributed by atoms with van der Waals surface area (Å²) < 4.78 is 11.3. The van der Waals surface area contributed by atoms with Crippen LogP contribution in [-0.4, -0.2) is 25.5 Å². The van der Waals surface area contributed by atoms with Gasteiger partial charge >= 0.3 is 0 Å². The van der Waals surface area contributed by atoms with E-state index in [9.17, 15) is 9.59 Å². The van der Waals surface area contributed by atoms with Crippen LogP contribution in [-0.2, 0) is 9.59 Å². The van der Waals surface area contributed by atoms with Crippen molar-refractivity contribution in [2.45, 2.75) is 6.92 Å². The van der Waals surface area contributed by atoms with Gasteiger partial charge in [-0.3, -0.25) is 15.0 Å². The zero-order chi connectivity index (χ0) is 19.6. The predicted molar refractivity (Wildman–Crippen MR) is 107 cm³/mol. The van der Waals surface area contributed by atoms with Gasteiger partial charge in [-0.2, -0.15) is 0 Å². The number of hydrogen-bond acceptors (Lipinski definition) is 4. The molecule has 0 bridgehead atoms. The molecular formula is C19H16BrClN2O4. The van der Waals surface area contributed by atoms with E-state index in [2.05, 4.69) is 21.4 Å². The minimum Gasteiger partial charge on any atom is -0.493 e. The van der Waals surface area contributed by atoms with Crippen molar-refractivity contribution in [1.82, 2.24) is 5.43 Å². The molecule has 1 fully saturated rings. The van der Waals surface area contributed by atoms with Gasteiger partial charge in [-0.1, -0.05) is 29.8 Å². The Morgan fingerprint density at radius 3 is 2.59 bits per heavy atom. The van der Waals surface area contributed by atoms with Crippen molar-refractivity contribution in [3.8, 4) is 11.5 Å². The van der Waals surface area contributed by atoms with E-state index in [-0.39, 0.29) is 5.57 Å². The summed E-state index contributed by atoms with van der Waals surface area (Å²) in [6, 6.07) is 10.5. The minimum absolute atomic E-state index is 0.0122.